The molecule has 3 aromatic rings. The highest BCUT2D eigenvalue weighted by Crippen LogP contribution is 2.29. The molecule has 0 fully saturated rings. The van der Waals surface area contributed by atoms with Crippen molar-refractivity contribution in [1.29, 1.82) is 0 Å². The Balaban J connectivity index is 2.10. The number of nitrogens with two attached hydrogens (primary N) is 1. The van der Waals surface area contributed by atoms with Gasteiger partial charge in [0.05, 0.1) is 14.9 Å². The van der Waals surface area contributed by atoms with Crippen LogP contribution in [0.15, 0.2) is 51.3 Å². The molecule has 21 heavy (non-hydrogen) atoms. The fourth-order valence-electron chi connectivity index (χ4n) is 1.98. The first kappa shape index (κ1) is 14.3. The third kappa shape index (κ3) is 2.87. The van der Waals surface area contributed by atoms with Crippen molar-refractivity contribution in [2.24, 2.45) is 0 Å². The van der Waals surface area contributed by atoms with Gasteiger partial charge in [0.1, 0.15) is 0 Å². The maximum absolute atomic E-state index is 12.5. The number of hydrogen-bond acceptors (Lipinski definition) is 5. The van der Waals surface area contributed by atoms with Gasteiger partial charge < -0.3 is 5.73 Å². The SMILES string of the molecule is Nc1ccc2c(S(=O)(=O)Nc3ncc(Br)s3)cccc2c1. The first-order chi connectivity index (χ1) is 9.95. The molecule has 3 N–H and O–H groups in total. The zero-order valence-corrected chi connectivity index (χ0v) is 13.8. The fraction of sp³-hybridized carbons (Fsp3) is 0. The topological polar surface area (TPSA) is 85.1 Å². The maximum Gasteiger partial charge on any atom is 0.264 e. The molecule has 0 unspecified atom stereocenters. The second kappa shape index (κ2) is 5.28. The Bertz CT molecular complexity index is 922. The lowest BCUT2D eigenvalue weighted by atomic mass is 10.1. The number of thiazole rings is 1. The van der Waals surface area contributed by atoms with Gasteiger partial charge >= 0.3 is 0 Å². The summed E-state index contributed by atoms with van der Waals surface area (Å²) in [6.07, 6.45) is 1.55. The lowest BCUT2D eigenvalue weighted by Gasteiger charge is -2.09. The number of fused-ring (bicyclic) bond motifs is 1. The summed E-state index contributed by atoms with van der Waals surface area (Å²) in [4.78, 5) is 4.18. The van der Waals surface area contributed by atoms with Gasteiger partial charge in [0.25, 0.3) is 10.0 Å². The molecule has 1 heterocycles. The van der Waals surface area contributed by atoms with Crippen LogP contribution in [0.2, 0.25) is 0 Å². The second-order valence-electron chi connectivity index (χ2n) is 4.31. The number of sulfonamides is 1. The summed E-state index contributed by atoms with van der Waals surface area (Å²) >= 11 is 4.46. The zero-order valence-electron chi connectivity index (χ0n) is 10.6. The largest absolute Gasteiger partial charge is 0.399 e. The van der Waals surface area contributed by atoms with E-state index in [1.165, 1.54) is 11.3 Å². The molecular formula is C13H10BrN3O2S2. The van der Waals surface area contributed by atoms with E-state index in [1.54, 1.807) is 36.5 Å². The van der Waals surface area contributed by atoms with Crippen molar-refractivity contribution < 1.29 is 8.42 Å². The van der Waals surface area contributed by atoms with E-state index in [0.717, 1.165) is 9.17 Å². The van der Waals surface area contributed by atoms with Crippen LogP contribution in [0.1, 0.15) is 0 Å². The predicted molar refractivity (Wildman–Crippen MR) is 89.0 cm³/mol. The number of hydrogen-bond donors (Lipinski definition) is 2. The number of aromatic nitrogens is 1. The van der Waals surface area contributed by atoms with Crippen LogP contribution in [0.4, 0.5) is 10.8 Å². The van der Waals surface area contributed by atoms with Gasteiger partial charge in [-0.2, -0.15) is 0 Å². The van der Waals surface area contributed by atoms with Crippen molar-refractivity contribution in [3.05, 3.63) is 46.4 Å². The van der Waals surface area contributed by atoms with Crippen LogP contribution in [0, 0.1) is 0 Å². The Morgan fingerprint density at radius 2 is 2.05 bits per heavy atom. The lowest BCUT2D eigenvalue weighted by molar-refractivity contribution is 0.602. The number of benzene rings is 2. The molecule has 108 valence electrons. The van der Waals surface area contributed by atoms with Crippen molar-refractivity contribution in [3.63, 3.8) is 0 Å². The summed E-state index contributed by atoms with van der Waals surface area (Å²) in [6, 6.07) is 10.2. The van der Waals surface area contributed by atoms with Gasteiger partial charge in [-0.1, -0.05) is 29.5 Å². The molecule has 2 aromatic carbocycles. The van der Waals surface area contributed by atoms with Crippen molar-refractivity contribution >= 4 is 58.9 Å². The van der Waals surface area contributed by atoms with E-state index in [1.807, 2.05) is 6.07 Å². The maximum atomic E-state index is 12.5. The first-order valence-electron chi connectivity index (χ1n) is 5.88. The van der Waals surface area contributed by atoms with Crippen LogP contribution in [0.5, 0.6) is 0 Å². The van der Waals surface area contributed by atoms with Crippen molar-refractivity contribution in [2.75, 3.05) is 10.5 Å². The third-order valence-electron chi connectivity index (χ3n) is 2.85. The van der Waals surface area contributed by atoms with E-state index in [0.29, 0.717) is 16.2 Å². The van der Waals surface area contributed by atoms with Gasteiger partial charge in [0, 0.05) is 11.1 Å². The molecular weight excluding hydrogens is 374 g/mol. The summed E-state index contributed by atoms with van der Waals surface area (Å²) < 4.78 is 28.3. The first-order valence-corrected chi connectivity index (χ1v) is 8.97. The van der Waals surface area contributed by atoms with E-state index in [2.05, 4.69) is 25.6 Å². The number of nitrogen functional groups attached to an aromatic ring is 1. The molecule has 0 aliphatic rings. The number of halogens is 1. The molecule has 0 saturated heterocycles. The van der Waals surface area contributed by atoms with E-state index < -0.39 is 10.0 Å². The van der Waals surface area contributed by atoms with Gasteiger partial charge in [-0.25, -0.2) is 13.4 Å². The monoisotopic (exact) mass is 383 g/mol. The van der Waals surface area contributed by atoms with E-state index in [4.69, 9.17) is 5.73 Å². The number of rotatable bonds is 3. The zero-order chi connectivity index (χ0) is 15.0. The van der Waals surface area contributed by atoms with Gasteiger partial charge in [-0.15, -0.1) is 0 Å². The van der Waals surface area contributed by atoms with E-state index >= 15 is 0 Å². The number of nitrogens with one attached hydrogen (secondary N) is 1. The van der Waals surface area contributed by atoms with Crippen LogP contribution in [0.3, 0.4) is 0 Å². The van der Waals surface area contributed by atoms with Crippen molar-refractivity contribution in [2.45, 2.75) is 4.90 Å². The van der Waals surface area contributed by atoms with E-state index in [-0.39, 0.29) is 4.90 Å². The third-order valence-corrected chi connectivity index (χ3v) is 5.77. The Kier molecular flexibility index (Phi) is 3.60. The normalized spacial score (nSPS) is 11.7. The standard InChI is InChI=1S/C13H10BrN3O2S2/c14-12-7-16-13(20-12)17-21(18,19)11-3-1-2-8-6-9(15)4-5-10(8)11/h1-7H,15H2,(H,16,17). The van der Waals surface area contributed by atoms with Gasteiger partial charge in [-0.3, -0.25) is 4.72 Å². The molecule has 5 nitrogen and oxygen atoms in total. The molecule has 0 bridgehead atoms. The molecule has 0 amide bonds. The van der Waals surface area contributed by atoms with Crippen LogP contribution in [-0.4, -0.2) is 13.4 Å². The Morgan fingerprint density at radius 3 is 2.76 bits per heavy atom. The minimum atomic E-state index is -3.70. The van der Waals surface area contributed by atoms with Gasteiger partial charge in [0.2, 0.25) is 0 Å². The highest BCUT2D eigenvalue weighted by atomic mass is 79.9. The van der Waals surface area contributed by atoms with Crippen LogP contribution < -0.4 is 10.5 Å². The summed E-state index contributed by atoms with van der Waals surface area (Å²) in [5.41, 5.74) is 6.32. The summed E-state index contributed by atoms with van der Waals surface area (Å²) in [7, 11) is -3.70. The summed E-state index contributed by atoms with van der Waals surface area (Å²) in [5.74, 6) is 0. The number of anilines is 2. The molecule has 0 aliphatic heterocycles. The Labute approximate surface area is 134 Å². The summed E-state index contributed by atoms with van der Waals surface area (Å²) in [5, 5.41) is 1.71. The highest BCUT2D eigenvalue weighted by molar-refractivity contribution is 9.11. The molecule has 8 heteroatoms. The highest BCUT2D eigenvalue weighted by Gasteiger charge is 2.18. The minimum Gasteiger partial charge on any atom is -0.399 e. The quantitative estimate of drug-likeness (QED) is 0.678. The van der Waals surface area contributed by atoms with Crippen LogP contribution in [-0.2, 0) is 10.0 Å². The molecule has 0 atom stereocenters. The molecule has 1 aromatic heterocycles. The minimum absolute atomic E-state index is 0.200. The predicted octanol–water partition coefficient (Wildman–Crippen LogP) is 3.44. The fourth-order valence-corrected chi connectivity index (χ4v) is 4.56. The average Bonchev–Trinajstić information content (AvgIpc) is 2.82. The smallest absolute Gasteiger partial charge is 0.264 e. The van der Waals surface area contributed by atoms with E-state index in [9.17, 15) is 8.42 Å². The summed E-state index contributed by atoms with van der Waals surface area (Å²) in [6.45, 7) is 0. The van der Waals surface area contributed by atoms with Crippen LogP contribution >= 0.6 is 27.3 Å². The Morgan fingerprint density at radius 1 is 1.24 bits per heavy atom. The second-order valence-corrected chi connectivity index (χ2v) is 8.37. The number of nitrogens with zero attached hydrogens (tertiary/aromatic N) is 1. The molecule has 3 rings (SSSR count). The Hall–Kier alpha value is -1.64. The van der Waals surface area contributed by atoms with Gasteiger partial charge in [-0.05, 0) is 39.5 Å². The average molecular weight is 384 g/mol. The molecule has 0 aliphatic carbocycles. The van der Waals surface area contributed by atoms with Crippen molar-refractivity contribution in [1.82, 2.24) is 4.98 Å². The van der Waals surface area contributed by atoms with Crippen LogP contribution in [0.25, 0.3) is 10.8 Å². The molecule has 0 spiro atoms. The van der Waals surface area contributed by atoms with Gasteiger partial charge in [0.15, 0.2) is 5.13 Å². The molecule has 0 radical (unpaired) electrons. The van der Waals surface area contributed by atoms with Crippen molar-refractivity contribution in [3.8, 4) is 0 Å². The lowest BCUT2D eigenvalue weighted by Crippen LogP contribution is -2.13. The molecule has 0 saturated carbocycles.